The highest BCUT2D eigenvalue weighted by molar-refractivity contribution is 5.28. The molecule has 1 aliphatic heterocycles. The van der Waals surface area contributed by atoms with Crippen LogP contribution in [0.1, 0.15) is 18.9 Å². The maximum atomic E-state index is 2.39. The van der Waals surface area contributed by atoms with Gasteiger partial charge in [-0.15, -0.1) is 0 Å². The van der Waals surface area contributed by atoms with E-state index in [2.05, 4.69) is 72.5 Å². The van der Waals surface area contributed by atoms with E-state index in [-0.39, 0.29) is 0 Å². The maximum absolute atomic E-state index is 2.39. The Morgan fingerprint density at radius 2 is 2.06 bits per heavy atom. The highest BCUT2D eigenvalue weighted by atomic mass is 15.1. The molecule has 1 nitrogen and oxygen atoms in total. The van der Waals surface area contributed by atoms with Crippen molar-refractivity contribution in [2.75, 3.05) is 6.54 Å². The van der Waals surface area contributed by atoms with Crippen molar-refractivity contribution in [3.63, 3.8) is 0 Å². The Kier molecular flexibility index (Phi) is 4.20. The molecule has 17 heavy (non-hydrogen) atoms. The zero-order chi connectivity index (χ0) is 11.9. The minimum Gasteiger partial charge on any atom is -0.363 e. The molecule has 0 aliphatic carbocycles. The van der Waals surface area contributed by atoms with Gasteiger partial charge in [0.25, 0.3) is 0 Å². The van der Waals surface area contributed by atoms with Gasteiger partial charge in [0, 0.05) is 18.8 Å². The van der Waals surface area contributed by atoms with Crippen LogP contribution in [0.2, 0.25) is 0 Å². The fraction of sp³-hybridized carbons (Fsp3) is 0.250. The van der Waals surface area contributed by atoms with Gasteiger partial charge in [-0.1, -0.05) is 55.5 Å². The summed E-state index contributed by atoms with van der Waals surface area (Å²) in [7, 11) is 0. The maximum Gasteiger partial charge on any atom is 0.0432 e. The predicted octanol–water partition coefficient (Wildman–Crippen LogP) is 3.91. The van der Waals surface area contributed by atoms with Crippen LogP contribution in [0.4, 0.5) is 0 Å². The highest BCUT2D eigenvalue weighted by Crippen LogP contribution is 2.15. The Morgan fingerprint density at radius 3 is 2.82 bits per heavy atom. The summed E-state index contributed by atoms with van der Waals surface area (Å²) in [5, 5.41) is 0. The molecule has 1 heterocycles. The Hall–Kier alpha value is -1.76. The van der Waals surface area contributed by atoms with E-state index in [0.717, 1.165) is 19.5 Å². The van der Waals surface area contributed by atoms with E-state index < -0.39 is 0 Å². The van der Waals surface area contributed by atoms with Crippen LogP contribution in [0.15, 0.2) is 66.4 Å². The Labute approximate surface area is 104 Å². The summed E-state index contributed by atoms with van der Waals surface area (Å²) in [4.78, 5) is 2.39. The first-order valence-corrected chi connectivity index (χ1v) is 6.22. The van der Waals surface area contributed by atoms with Crippen molar-refractivity contribution in [1.29, 1.82) is 0 Å². The molecule has 0 aromatic heterocycles. The third-order valence-electron chi connectivity index (χ3n) is 2.83. The second-order valence-electron chi connectivity index (χ2n) is 4.20. The van der Waals surface area contributed by atoms with Crippen molar-refractivity contribution in [3.8, 4) is 0 Å². The number of hydrogen-bond acceptors (Lipinski definition) is 1. The molecule has 0 saturated heterocycles. The lowest BCUT2D eigenvalue weighted by Gasteiger charge is -2.26. The van der Waals surface area contributed by atoms with Gasteiger partial charge in [-0.2, -0.15) is 0 Å². The zero-order valence-corrected chi connectivity index (χ0v) is 10.3. The third-order valence-corrected chi connectivity index (χ3v) is 2.83. The first kappa shape index (κ1) is 11.7. The summed E-state index contributed by atoms with van der Waals surface area (Å²) < 4.78 is 0. The van der Waals surface area contributed by atoms with Gasteiger partial charge in [0.15, 0.2) is 0 Å². The topological polar surface area (TPSA) is 3.24 Å². The van der Waals surface area contributed by atoms with Crippen LogP contribution >= 0.6 is 0 Å². The SMILES string of the molecule is CCC=CC1=CC=CCN1Cc1ccccc1. The monoisotopic (exact) mass is 225 g/mol. The van der Waals surface area contributed by atoms with Gasteiger partial charge in [0.2, 0.25) is 0 Å². The van der Waals surface area contributed by atoms with Gasteiger partial charge in [0.05, 0.1) is 0 Å². The predicted molar refractivity (Wildman–Crippen MR) is 73.5 cm³/mol. The zero-order valence-electron chi connectivity index (χ0n) is 10.3. The minimum absolute atomic E-state index is 0.977. The second-order valence-corrected chi connectivity index (χ2v) is 4.20. The summed E-state index contributed by atoms with van der Waals surface area (Å²) >= 11 is 0. The van der Waals surface area contributed by atoms with Gasteiger partial charge in [0.1, 0.15) is 0 Å². The molecule has 88 valence electrons. The fourth-order valence-electron chi connectivity index (χ4n) is 1.92. The lowest BCUT2D eigenvalue weighted by molar-refractivity contribution is 0.380. The minimum atomic E-state index is 0.977. The van der Waals surface area contributed by atoms with Gasteiger partial charge in [-0.3, -0.25) is 0 Å². The molecular weight excluding hydrogens is 206 g/mol. The standard InChI is InChI=1S/C16H19N/c1-2-3-11-16-12-7-8-13-17(16)14-15-9-5-4-6-10-15/h3-12H,2,13-14H2,1H3. The summed E-state index contributed by atoms with van der Waals surface area (Å²) in [5.41, 5.74) is 2.66. The van der Waals surface area contributed by atoms with Crippen molar-refractivity contribution >= 4 is 0 Å². The average Bonchev–Trinajstić information content (AvgIpc) is 2.39. The molecule has 0 unspecified atom stereocenters. The Morgan fingerprint density at radius 1 is 1.24 bits per heavy atom. The van der Waals surface area contributed by atoms with Crippen LogP contribution in [0.5, 0.6) is 0 Å². The Bertz CT molecular complexity index is 426. The molecule has 1 aromatic rings. The smallest absolute Gasteiger partial charge is 0.0432 e. The fourth-order valence-corrected chi connectivity index (χ4v) is 1.92. The molecule has 0 amide bonds. The van der Waals surface area contributed by atoms with Gasteiger partial charge >= 0.3 is 0 Å². The van der Waals surface area contributed by atoms with Gasteiger partial charge in [-0.05, 0) is 24.1 Å². The van der Waals surface area contributed by atoms with E-state index >= 15 is 0 Å². The largest absolute Gasteiger partial charge is 0.363 e. The second kappa shape index (κ2) is 6.09. The van der Waals surface area contributed by atoms with Crippen LogP contribution in [0.3, 0.4) is 0 Å². The number of nitrogens with zero attached hydrogens (tertiary/aromatic N) is 1. The van der Waals surface area contributed by atoms with Crippen molar-refractivity contribution in [3.05, 3.63) is 72.0 Å². The van der Waals surface area contributed by atoms with Crippen LogP contribution < -0.4 is 0 Å². The number of benzene rings is 1. The van der Waals surface area contributed by atoms with E-state index in [1.807, 2.05) is 0 Å². The quantitative estimate of drug-likeness (QED) is 0.751. The van der Waals surface area contributed by atoms with E-state index in [1.54, 1.807) is 0 Å². The normalized spacial score (nSPS) is 15.4. The molecule has 0 fully saturated rings. The molecule has 0 bridgehead atoms. The molecule has 0 N–H and O–H groups in total. The van der Waals surface area contributed by atoms with Crippen LogP contribution in [0.25, 0.3) is 0 Å². The number of allylic oxidation sites excluding steroid dienone is 4. The summed E-state index contributed by atoms with van der Waals surface area (Å²) in [5.74, 6) is 0. The molecule has 1 heteroatoms. The first-order chi connectivity index (χ1) is 8.40. The van der Waals surface area contributed by atoms with Crippen molar-refractivity contribution in [1.82, 2.24) is 4.90 Å². The molecule has 0 radical (unpaired) electrons. The van der Waals surface area contributed by atoms with E-state index in [4.69, 9.17) is 0 Å². The average molecular weight is 225 g/mol. The number of rotatable bonds is 4. The third kappa shape index (κ3) is 3.35. The van der Waals surface area contributed by atoms with Crippen molar-refractivity contribution in [2.45, 2.75) is 19.9 Å². The van der Waals surface area contributed by atoms with E-state index in [0.29, 0.717) is 0 Å². The summed E-state index contributed by atoms with van der Waals surface area (Å²) in [6, 6.07) is 10.6. The summed E-state index contributed by atoms with van der Waals surface area (Å²) in [6.45, 7) is 4.14. The van der Waals surface area contributed by atoms with Crippen LogP contribution in [-0.4, -0.2) is 11.4 Å². The molecular formula is C16H19N. The van der Waals surface area contributed by atoms with Gasteiger partial charge in [-0.25, -0.2) is 0 Å². The Balaban J connectivity index is 2.07. The molecule has 0 saturated carbocycles. The molecule has 0 spiro atoms. The molecule has 1 aromatic carbocycles. The highest BCUT2D eigenvalue weighted by Gasteiger charge is 2.08. The van der Waals surface area contributed by atoms with E-state index in [1.165, 1.54) is 11.3 Å². The lowest BCUT2D eigenvalue weighted by Crippen LogP contribution is -2.23. The van der Waals surface area contributed by atoms with Gasteiger partial charge < -0.3 is 4.90 Å². The van der Waals surface area contributed by atoms with Crippen molar-refractivity contribution in [2.24, 2.45) is 0 Å². The van der Waals surface area contributed by atoms with Crippen LogP contribution in [0, 0.1) is 0 Å². The van der Waals surface area contributed by atoms with E-state index in [9.17, 15) is 0 Å². The molecule has 1 aliphatic rings. The summed E-state index contributed by atoms with van der Waals surface area (Å²) in [6.07, 6.45) is 12.0. The van der Waals surface area contributed by atoms with Crippen LogP contribution in [-0.2, 0) is 6.54 Å². The molecule has 2 rings (SSSR count). The molecule has 0 atom stereocenters. The van der Waals surface area contributed by atoms with Crippen molar-refractivity contribution < 1.29 is 0 Å². The first-order valence-electron chi connectivity index (χ1n) is 6.22. The lowest BCUT2D eigenvalue weighted by atomic mass is 10.1. The number of hydrogen-bond donors (Lipinski definition) is 0.